The number of aryl methyl sites for hydroxylation is 1. The van der Waals surface area contributed by atoms with Crippen LogP contribution in [0.4, 0.5) is 0 Å². The van der Waals surface area contributed by atoms with Gasteiger partial charge in [-0.1, -0.05) is 18.2 Å². The number of rotatable bonds is 7. The highest BCUT2D eigenvalue weighted by atomic mass is 16.5. The quantitative estimate of drug-likeness (QED) is 0.544. The number of nitrogens with zero attached hydrogens (tertiary/aromatic N) is 3. The van der Waals surface area contributed by atoms with Gasteiger partial charge in [-0.25, -0.2) is 4.68 Å². The molecule has 1 aliphatic rings. The van der Waals surface area contributed by atoms with Crippen molar-refractivity contribution in [2.75, 3.05) is 6.61 Å². The molecule has 0 aliphatic carbocycles. The average Bonchev–Trinajstić information content (AvgIpc) is 3.15. The fourth-order valence-electron chi connectivity index (χ4n) is 4.86. The van der Waals surface area contributed by atoms with E-state index in [-0.39, 0.29) is 30.5 Å². The molecule has 184 valence electrons. The maximum Gasteiger partial charge on any atom is 0.260 e. The fourth-order valence-corrected chi connectivity index (χ4v) is 4.86. The third-order valence-electron chi connectivity index (χ3n) is 6.83. The summed E-state index contributed by atoms with van der Waals surface area (Å²) in [6.07, 6.45) is 3.23. The van der Waals surface area contributed by atoms with E-state index in [1.54, 1.807) is 24.3 Å². The minimum Gasteiger partial charge on any atom is -0.484 e. The third-order valence-corrected chi connectivity index (χ3v) is 6.83. The highest BCUT2D eigenvalue weighted by Crippen LogP contribution is 2.23. The smallest absolute Gasteiger partial charge is 0.260 e. The molecule has 4 rings (SSSR count). The Labute approximate surface area is 207 Å². The second kappa shape index (κ2) is 10.8. The topological polar surface area (TPSA) is 76.5 Å². The molecule has 2 amide bonds. The summed E-state index contributed by atoms with van der Waals surface area (Å²) in [6.45, 7) is 8.54. The number of likely N-dealkylation sites (tertiary alicyclic amines) is 1. The molecule has 0 spiro atoms. The number of carbonyl (C=O) groups excluding carboxylic acids is 2. The van der Waals surface area contributed by atoms with Crippen LogP contribution >= 0.6 is 0 Å². The largest absolute Gasteiger partial charge is 0.484 e. The van der Waals surface area contributed by atoms with Crippen LogP contribution in [-0.2, 0) is 11.3 Å². The number of ether oxygens (including phenoxy) is 1. The Morgan fingerprint density at radius 3 is 2.31 bits per heavy atom. The van der Waals surface area contributed by atoms with E-state index in [1.807, 2.05) is 53.8 Å². The molecule has 3 aromatic rings. The predicted octanol–water partition coefficient (Wildman–Crippen LogP) is 4.59. The highest BCUT2D eigenvalue weighted by molar-refractivity contribution is 5.94. The number of hydrogen-bond acceptors (Lipinski definition) is 4. The molecule has 1 saturated heterocycles. The van der Waals surface area contributed by atoms with E-state index < -0.39 is 0 Å². The first-order valence-corrected chi connectivity index (χ1v) is 12.3. The maximum atomic E-state index is 12.7. The molecule has 1 N–H and O–H groups in total. The van der Waals surface area contributed by atoms with Crippen molar-refractivity contribution in [1.82, 2.24) is 20.0 Å². The van der Waals surface area contributed by atoms with Gasteiger partial charge < -0.3 is 15.0 Å². The Balaban J connectivity index is 1.33. The number of hydrogen-bond donors (Lipinski definition) is 1. The van der Waals surface area contributed by atoms with Crippen LogP contribution in [0.2, 0.25) is 0 Å². The Kier molecular flexibility index (Phi) is 7.54. The Morgan fingerprint density at radius 1 is 1.00 bits per heavy atom. The Bertz CT molecular complexity index is 1160. The third kappa shape index (κ3) is 5.56. The van der Waals surface area contributed by atoms with Gasteiger partial charge in [-0.3, -0.25) is 9.59 Å². The highest BCUT2D eigenvalue weighted by Gasteiger charge is 2.29. The molecule has 2 heterocycles. The summed E-state index contributed by atoms with van der Waals surface area (Å²) >= 11 is 0. The van der Waals surface area contributed by atoms with Crippen LogP contribution < -0.4 is 10.1 Å². The van der Waals surface area contributed by atoms with E-state index in [2.05, 4.69) is 24.3 Å². The van der Waals surface area contributed by atoms with Crippen molar-refractivity contribution >= 4 is 11.8 Å². The van der Waals surface area contributed by atoms with E-state index >= 15 is 0 Å². The molecular formula is C28H34N4O3. The Morgan fingerprint density at radius 2 is 1.66 bits per heavy atom. The van der Waals surface area contributed by atoms with Crippen LogP contribution in [0.25, 0.3) is 5.69 Å². The standard InChI is InChI=1S/C28H34N4O3/c1-19-9-8-10-20(2)31(19)27(33)18-35-25-15-13-23(14-16-25)28(34)29-17-26-21(3)30-32(22(26)4)24-11-6-5-7-12-24/h5-7,11-16,19-20H,8-10,17-18H2,1-4H3,(H,29,34). The van der Waals surface area contributed by atoms with E-state index in [9.17, 15) is 9.59 Å². The second-order valence-electron chi connectivity index (χ2n) is 9.32. The lowest BCUT2D eigenvalue weighted by Gasteiger charge is -2.38. The number of amides is 2. The number of nitrogens with one attached hydrogen (secondary N) is 1. The first-order chi connectivity index (χ1) is 16.8. The van der Waals surface area contributed by atoms with Crippen molar-refractivity contribution in [3.63, 3.8) is 0 Å². The molecule has 2 aromatic carbocycles. The number of piperidine rings is 1. The van der Waals surface area contributed by atoms with Crippen molar-refractivity contribution in [3.8, 4) is 11.4 Å². The van der Waals surface area contributed by atoms with Crippen LogP contribution in [0.5, 0.6) is 5.75 Å². The molecular weight excluding hydrogens is 440 g/mol. The lowest BCUT2D eigenvalue weighted by molar-refractivity contribution is -0.139. The van der Waals surface area contributed by atoms with Gasteiger partial charge in [-0.05, 0) is 83.4 Å². The number of aromatic nitrogens is 2. The molecule has 0 bridgehead atoms. The fraction of sp³-hybridized carbons (Fsp3) is 0.393. The summed E-state index contributed by atoms with van der Waals surface area (Å²) in [5.41, 5.74) is 4.41. The summed E-state index contributed by atoms with van der Waals surface area (Å²) in [6, 6.07) is 17.3. The van der Waals surface area contributed by atoms with Crippen LogP contribution in [0, 0.1) is 13.8 Å². The molecule has 1 fully saturated rings. The Hall–Kier alpha value is -3.61. The van der Waals surface area contributed by atoms with Gasteiger partial charge in [0, 0.05) is 35.4 Å². The molecule has 1 aliphatic heterocycles. The summed E-state index contributed by atoms with van der Waals surface area (Å²) in [4.78, 5) is 27.3. The zero-order valence-electron chi connectivity index (χ0n) is 21.0. The zero-order valence-corrected chi connectivity index (χ0v) is 21.0. The second-order valence-corrected chi connectivity index (χ2v) is 9.32. The minimum atomic E-state index is -0.171. The predicted molar refractivity (Wildman–Crippen MR) is 136 cm³/mol. The molecule has 0 saturated carbocycles. The monoisotopic (exact) mass is 474 g/mol. The van der Waals surface area contributed by atoms with E-state index in [0.717, 1.165) is 41.9 Å². The van der Waals surface area contributed by atoms with Crippen LogP contribution in [0.1, 0.15) is 60.4 Å². The summed E-state index contributed by atoms with van der Waals surface area (Å²) in [7, 11) is 0. The molecule has 7 nitrogen and oxygen atoms in total. The lowest BCUT2D eigenvalue weighted by atomic mass is 9.97. The first kappa shape index (κ1) is 24.5. The van der Waals surface area contributed by atoms with Crippen LogP contribution in [0.15, 0.2) is 54.6 Å². The van der Waals surface area contributed by atoms with E-state index in [1.165, 1.54) is 0 Å². The van der Waals surface area contributed by atoms with Gasteiger partial charge in [0.2, 0.25) is 0 Å². The SMILES string of the molecule is Cc1nn(-c2ccccc2)c(C)c1CNC(=O)c1ccc(OCC(=O)N2C(C)CCCC2C)cc1. The van der Waals surface area contributed by atoms with Crippen LogP contribution in [0.3, 0.4) is 0 Å². The molecule has 1 aromatic heterocycles. The van der Waals surface area contributed by atoms with Gasteiger partial charge >= 0.3 is 0 Å². The summed E-state index contributed by atoms with van der Waals surface area (Å²) < 4.78 is 7.62. The summed E-state index contributed by atoms with van der Waals surface area (Å²) in [5.74, 6) is 0.409. The first-order valence-electron chi connectivity index (χ1n) is 12.3. The van der Waals surface area contributed by atoms with Gasteiger partial charge in [-0.2, -0.15) is 5.10 Å². The number of benzene rings is 2. The van der Waals surface area contributed by atoms with Gasteiger partial charge in [0.25, 0.3) is 11.8 Å². The lowest BCUT2D eigenvalue weighted by Crippen LogP contribution is -2.49. The summed E-state index contributed by atoms with van der Waals surface area (Å²) in [5, 5.41) is 7.63. The average molecular weight is 475 g/mol. The molecule has 7 heteroatoms. The zero-order chi connectivity index (χ0) is 24.9. The minimum absolute atomic E-state index is 0.00415. The van der Waals surface area contributed by atoms with Gasteiger partial charge in [0.1, 0.15) is 5.75 Å². The normalized spacial score (nSPS) is 17.8. The molecule has 2 atom stereocenters. The molecule has 2 unspecified atom stereocenters. The van der Waals surface area contributed by atoms with Gasteiger partial charge in [-0.15, -0.1) is 0 Å². The van der Waals surface area contributed by atoms with Gasteiger partial charge in [0.05, 0.1) is 11.4 Å². The van der Waals surface area contributed by atoms with Crippen LogP contribution in [-0.4, -0.2) is 45.2 Å². The number of carbonyl (C=O) groups is 2. The van der Waals surface area contributed by atoms with Gasteiger partial charge in [0.15, 0.2) is 6.61 Å². The van der Waals surface area contributed by atoms with Crippen molar-refractivity contribution in [1.29, 1.82) is 0 Å². The van der Waals surface area contributed by atoms with Crippen molar-refractivity contribution in [2.24, 2.45) is 0 Å². The van der Waals surface area contributed by atoms with E-state index in [4.69, 9.17) is 4.74 Å². The number of para-hydroxylation sites is 1. The molecule has 35 heavy (non-hydrogen) atoms. The van der Waals surface area contributed by atoms with Crippen molar-refractivity contribution < 1.29 is 14.3 Å². The van der Waals surface area contributed by atoms with Crippen molar-refractivity contribution in [2.45, 2.75) is 65.6 Å². The molecule has 0 radical (unpaired) electrons. The van der Waals surface area contributed by atoms with Crippen molar-refractivity contribution in [3.05, 3.63) is 77.1 Å². The van der Waals surface area contributed by atoms with E-state index in [0.29, 0.717) is 17.9 Å². The maximum absolute atomic E-state index is 12.7.